The second kappa shape index (κ2) is 9.88. The van der Waals surface area contributed by atoms with Gasteiger partial charge in [-0.25, -0.2) is 4.99 Å². The minimum Gasteiger partial charge on any atom is -0.497 e. The Balaban J connectivity index is 1.93. The Bertz CT molecular complexity index is 566. The highest BCUT2D eigenvalue weighted by Gasteiger charge is 2.16. The molecule has 138 valence electrons. The molecule has 1 aliphatic heterocycles. The van der Waals surface area contributed by atoms with Crippen molar-refractivity contribution < 1.29 is 14.3 Å². The summed E-state index contributed by atoms with van der Waals surface area (Å²) in [6, 6.07) is 7.77. The van der Waals surface area contributed by atoms with Gasteiger partial charge in [-0.1, -0.05) is 12.1 Å². The molecular formula is C18H28N4O3. The lowest BCUT2D eigenvalue weighted by Crippen LogP contribution is -2.45. The summed E-state index contributed by atoms with van der Waals surface area (Å²) in [6.45, 7) is 2.22. The van der Waals surface area contributed by atoms with Crippen molar-refractivity contribution in [1.82, 2.24) is 15.5 Å². The van der Waals surface area contributed by atoms with Crippen LogP contribution in [-0.4, -0.2) is 63.8 Å². The van der Waals surface area contributed by atoms with Crippen molar-refractivity contribution in [3.05, 3.63) is 29.8 Å². The molecule has 1 saturated heterocycles. The van der Waals surface area contributed by atoms with E-state index in [-0.39, 0.29) is 18.6 Å². The Kier molecular flexibility index (Phi) is 7.53. The Morgan fingerprint density at radius 1 is 1.32 bits per heavy atom. The molecule has 1 unspecified atom stereocenters. The molecule has 0 saturated carbocycles. The summed E-state index contributed by atoms with van der Waals surface area (Å²) in [5.74, 6) is 1.43. The molecule has 1 aromatic rings. The Morgan fingerprint density at radius 3 is 2.68 bits per heavy atom. The maximum atomic E-state index is 11.8. The minimum atomic E-state index is -0.00364. The van der Waals surface area contributed by atoms with E-state index in [1.165, 1.54) is 0 Å². The van der Waals surface area contributed by atoms with Crippen molar-refractivity contribution in [2.75, 3.05) is 40.9 Å². The van der Waals surface area contributed by atoms with Gasteiger partial charge >= 0.3 is 0 Å². The SMILES string of the molecule is COc1ccc(CN=C(NCC(=O)N(C)C)NCC2CCCO2)cc1. The summed E-state index contributed by atoms with van der Waals surface area (Å²) < 4.78 is 10.8. The highest BCUT2D eigenvalue weighted by atomic mass is 16.5. The summed E-state index contributed by atoms with van der Waals surface area (Å²) in [5, 5.41) is 6.35. The Hall–Kier alpha value is -2.28. The number of aliphatic imine (C=N–C) groups is 1. The zero-order valence-electron chi connectivity index (χ0n) is 15.2. The third-order valence-electron chi connectivity index (χ3n) is 4.01. The van der Waals surface area contributed by atoms with E-state index in [0.717, 1.165) is 30.8 Å². The van der Waals surface area contributed by atoms with Gasteiger partial charge in [-0.3, -0.25) is 4.79 Å². The number of nitrogens with one attached hydrogen (secondary N) is 2. The first-order valence-electron chi connectivity index (χ1n) is 8.55. The highest BCUT2D eigenvalue weighted by molar-refractivity contribution is 5.86. The number of ether oxygens (including phenoxy) is 2. The summed E-state index contributed by atoms with van der Waals surface area (Å²) in [6.07, 6.45) is 2.35. The molecule has 7 nitrogen and oxygen atoms in total. The van der Waals surface area contributed by atoms with Gasteiger partial charge in [0, 0.05) is 27.2 Å². The summed E-state index contributed by atoms with van der Waals surface area (Å²) >= 11 is 0. The normalized spacial score (nSPS) is 17.2. The van der Waals surface area contributed by atoms with Crippen LogP contribution in [-0.2, 0) is 16.1 Å². The largest absolute Gasteiger partial charge is 0.497 e. The number of rotatable bonds is 7. The number of hydrogen-bond acceptors (Lipinski definition) is 4. The number of benzene rings is 1. The second-order valence-corrected chi connectivity index (χ2v) is 6.17. The third kappa shape index (κ3) is 6.62. The number of carbonyl (C=O) groups excluding carboxylic acids is 1. The Morgan fingerprint density at radius 2 is 2.08 bits per heavy atom. The van der Waals surface area contributed by atoms with Gasteiger partial charge in [0.25, 0.3) is 0 Å². The quantitative estimate of drug-likeness (QED) is 0.568. The monoisotopic (exact) mass is 348 g/mol. The molecule has 0 bridgehead atoms. The summed E-state index contributed by atoms with van der Waals surface area (Å²) in [4.78, 5) is 17.9. The van der Waals surface area contributed by atoms with E-state index in [0.29, 0.717) is 19.0 Å². The van der Waals surface area contributed by atoms with Gasteiger partial charge in [0.05, 0.1) is 26.3 Å². The van der Waals surface area contributed by atoms with Crippen LogP contribution >= 0.6 is 0 Å². The van der Waals surface area contributed by atoms with Gasteiger partial charge in [-0.05, 0) is 30.5 Å². The van der Waals surface area contributed by atoms with Gasteiger partial charge in [0.2, 0.25) is 5.91 Å². The average Bonchev–Trinajstić information content (AvgIpc) is 3.14. The van der Waals surface area contributed by atoms with E-state index in [9.17, 15) is 4.79 Å². The van der Waals surface area contributed by atoms with Crippen LogP contribution in [0, 0.1) is 0 Å². The zero-order valence-corrected chi connectivity index (χ0v) is 15.2. The topological polar surface area (TPSA) is 75.2 Å². The van der Waals surface area contributed by atoms with Gasteiger partial charge in [-0.2, -0.15) is 0 Å². The number of hydrogen-bond donors (Lipinski definition) is 2. The third-order valence-corrected chi connectivity index (χ3v) is 4.01. The molecule has 0 radical (unpaired) electrons. The molecule has 1 amide bonds. The molecule has 1 atom stereocenters. The van der Waals surface area contributed by atoms with Crippen molar-refractivity contribution in [3.8, 4) is 5.75 Å². The van der Waals surface area contributed by atoms with E-state index in [4.69, 9.17) is 9.47 Å². The highest BCUT2D eigenvalue weighted by Crippen LogP contribution is 2.12. The lowest BCUT2D eigenvalue weighted by Gasteiger charge is -2.17. The van der Waals surface area contributed by atoms with Crippen molar-refractivity contribution in [3.63, 3.8) is 0 Å². The fraction of sp³-hybridized carbons (Fsp3) is 0.556. The summed E-state index contributed by atoms with van der Waals surface area (Å²) in [5.41, 5.74) is 1.07. The van der Waals surface area contributed by atoms with Crippen LogP contribution in [0.3, 0.4) is 0 Å². The molecular weight excluding hydrogens is 320 g/mol. The molecule has 1 aliphatic rings. The fourth-order valence-electron chi connectivity index (χ4n) is 2.41. The predicted octanol–water partition coefficient (Wildman–Crippen LogP) is 0.998. The molecule has 1 fully saturated rings. The number of guanidine groups is 1. The maximum Gasteiger partial charge on any atom is 0.241 e. The molecule has 2 rings (SSSR count). The number of amides is 1. The van der Waals surface area contributed by atoms with E-state index < -0.39 is 0 Å². The van der Waals surface area contributed by atoms with E-state index in [1.807, 2.05) is 24.3 Å². The smallest absolute Gasteiger partial charge is 0.241 e. The van der Waals surface area contributed by atoms with E-state index >= 15 is 0 Å². The molecule has 1 heterocycles. The van der Waals surface area contributed by atoms with Crippen LogP contribution in [0.1, 0.15) is 18.4 Å². The molecule has 7 heteroatoms. The standard InChI is InChI=1S/C18H28N4O3/c1-22(2)17(23)13-21-18(20-12-16-5-4-10-25-16)19-11-14-6-8-15(24-3)9-7-14/h6-9,16H,4-5,10-13H2,1-3H3,(H2,19,20,21). The Labute approximate surface area is 149 Å². The first-order chi connectivity index (χ1) is 12.1. The van der Waals surface area contributed by atoms with Gasteiger partial charge in [0.1, 0.15) is 5.75 Å². The van der Waals surface area contributed by atoms with Crippen molar-refractivity contribution in [1.29, 1.82) is 0 Å². The van der Waals surface area contributed by atoms with Crippen molar-refractivity contribution >= 4 is 11.9 Å². The molecule has 1 aromatic carbocycles. The van der Waals surface area contributed by atoms with Crippen LogP contribution in [0.15, 0.2) is 29.3 Å². The lowest BCUT2D eigenvalue weighted by atomic mass is 10.2. The number of methoxy groups -OCH3 is 1. The molecule has 0 aromatic heterocycles. The first kappa shape index (κ1) is 19.1. The van der Waals surface area contributed by atoms with Crippen LogP contribution < -0.4 is 15.4 Å². The van der Waals surface area contributed by atoms with Crippen molar-refractivity contribution in [2.45, 2.75) is 25.5 Å². The number of likely N-dealkylation sites (N-methyl/N-ethyl adjacent to an activating group) is 1. The first-order valence-corrected chi connectivity index (χ1v) is 8.55. The maximum absolute atomic E-state index is 11.8. The van der Waals surface area contributed by atoms with Gasteiger partial charge in [0.15, 0.2) is 5.96 Å². The minimum absolute atomic E-state index is 0.00364. The molecule has 0 spiro atoms. The molecule has 0 aliphatic carbocycles. The van der Waals surface area contributed by atoms with Crippen LogP contribution in [0.5, 0.6) is 5.75 Å². The zero-order chi connectivity index (χ0) is 18.1. The average molecular weight is 348 g/mol. The fourth-order valence-corrected chi connectivity index (χ4v) is 2.41. The molecule has 2 N–H and O–H groups in total. The van der Waals surface area contributed by atoms with E-state index in [2.05, 4.69) is 15.6 Å². The number of nitrogens with zero attached hydrogens (tertiary/aromatic N) is 2. The van der Waals surface area contributed by atoms with Gasteiger partial charge < -0.3 is 25.0 Å². The van der Waals surface area contributed by atoms with Gasteiger partial charge in [-0.15, -0.1) is 0 Å². The van der Waals surface area contributed by atoms with Crippen LogP contribution in [0.25, 0.3) is 0 Å². The summed E-state index contributed by atoms with van der Waals surface area (Å²) in [7, 11) is 5.11. The van der Waals surface area contributed by atoms with Crippen LogP contribution in [0.4, 0.5) is 0 Å². The lowest BCUT2D eigenvalue weighted by molar-refractivity contribution is -0.127. The molecule has 25 heavy (non-hydrogen) atoms. The van der Waals surface area contributed by atoms with Crippen molar-refractivity contribution in [2.24, 2.45) is 4.99 Å². The number of carbonyl (C=O) groups is 1. The second-order valence-electron chi connectivity index (χ2n) is 6.17. The van der Waals surface area contributed by atoms with E-state index in [1.54, 1.807) is 26.1 Å². The predicted molar refractivity (Wildman–Crippen MR) is 97.8 cm³/mol. The van der Waals surface area contributed by atoms with Crippen LogP contribution in [0.2, 0.25) is 0 Å².